The van der Waals surface area contributed by atoms with Gasteiger partial charge in [0.1, 0.15) is 0 Å². The first kappa shape index (κ1) is 14.2. The highest BCUT2D eigenvalue weighted by Gasteiger charge is 2.10. The summed E-state index contributed by atoms with van der Waals surface area (Å²) < 4.78 is 0. The van der Waals surface area contributed by atoms with Crippen molar-refractivity contribution in [3.05, 3.63) is 28.2 Å². The number of carbonyl (C=O) groups is 1. The maximum Gasteiger partial charge on any atom is 0.437 e. The molecule has 0 radical (unpaired) electrons. The Morgan fingerprint density at radius 2 is 1.95 bits per heavy atom. The highest BCUT2D eigenvalue weighted by atomic mass is 35.5. The first-order valence-corrected chi connectivity index (χ1v) is 6.89. The van der Waals surface area contributed by atoms with E-state index in [1.165, 1.54) is 6.42 Å². The fourth-order valence-electron chi connectivity index (χ4n) is 1.88. The summed E-state index contributed by atoms with van der Waals surface area (Å²) in [6.45, 7) is 0. The maximum absolute atomic E-state index is 11.6. The van der Waals surface area contributed by atoms with E-state index >= 15 is 0 Å². The van der Waals surface area contributed by atoms with Gasteiger partial charge in [-0.2, -0.15) is 0 Å². The molecule has 1 N–H and O–H groups in total. The Bertz CT molecular complexity index is 495. The number of halogens is 2. The summed E-state index contributed by atoms with van der Waals surface area (Å²) in [7, 11) is 0. The largest absolute Gasteiger partial charge is 0.437 e. The SMILES string of the molecule is O=C(Nc1ccc(Cl)cc1Cl)ON=C1CCCCC1. The molecule has 2 rings (SSSR count). The molecule has 1 amide bonds. The van der Waals surface area contributed by atoms with Gasteiger partial charge in [0.25, 0.3) is 0 Å². The number of carbonyl (C=O) groups excluding carboxylic acids is 1. The van der Waals surface area contributed by atoms with Crippen molar-refractivity contribution in [1.82, 2.24) is 0 Å². The van der Waals surface area contributed by atoms with Crippen molar-refractivity contribution < 1.29 is 9.63 Å². The van der Waals surface area contributed by atoms with Gasteiger partial charge in [-0.1, -0.05) is 34.8 Å². The molecule has 4 nitrogen and oxygen atoms in total. The van der Waals surface area contributed by atoms with E-state index < -0.39 is 6.09 Å². The molecule has 1 aromatic rings. The Kier molecular flexibility index (Phi) is 5.05. The summed E-state index contributed by atoms with van der Waals surface area (Å²) in [6.07, 6.45) is 4.57. The third kappa shape index (κ3) is 4.40. The predicted octanol–water partition coefficient (Wildman–Crippen LogP) is 4.86. The Morgan fingerprint density at radius 1 is 1.21 bits per heavy atom. The van der Waals surface area contributed by atoms with Gasteiger partial charge in [0.15, 0.2) is 0 Å². The van der Waals surface area contributed by atoms with Crippen molar-refractivity contribution in [2.45, 2.75) is 32.1 Å². The van der Waals surface area contributed by atoms with Gasteiger partial charge >= 0.3 is 6.09 Å². The minimum atomic E-state index is -0.651. The van der Waals surface area contributed by atoms with E-state index in [9.17, 15) is 4.79 Å². The number of hydrogen-bond donors (Lipinski definition) is 1. The van der Waals surface area contributed by atoms with E-state index in [0.717, 1.165) is 31.4 Å². The lowest BCUT2D eigenvalue weighted by Crippen LogP contribution is -2.13. The van der Waals surface area contributed by atoms with E-state index in [0.29, 0.717) is 15.7 Å². The van der Waals surface area contributed by atoms with Gasteiger partial charge in [0, 0.05) is 5.02 Å². The van der Waals surface area contributed by atoms with Gasteiger partial charge in [0.05, 0.1) is 16.4 Å². The number of oxime groups is 1. The molecule has 0 heterocycles. The van der Waals surface area contributed by atoms with Crippen LogP contribution in [0.5, 0.6) is 0 Å². The second-order valence-corrected chi connectivity index (χ2v) is 5.19. The third-order valence-electron chi connectivity index (χ3n) is 2.86. The number of nitrogens with one attached hydrogen (secondary N) is 1. The fraction of sp³-hybridized carbons (Fsp3) is 0.385. The fourth-order valence-corrected chi connectivity index (χ4v) is 2.34. The molecular weight excluding hydrogens is 287 g/mol. The van der Waals surface area contributed by atoms with E-state index in [1.807, 2.05) is 0 Å². The molecule has 1 saturated carbocycles. The van der Waals surface area contributed by atoms with Crippen LogP contribution >= 0.6 is 23.2 Å². The molecule has 0 atom stereocenters. The summed E-state index contributed by atoms with van der Waals surface area (Å²) in [5.41, 5.74) is 1.38. The summed E-state index contributed by atoms with van der Waals surface area (Å²) in [6, 6.07) is 4.79. The summed E-state index contributed by atoms with van der Waals surface area (Å²) >= 11 is 11.7. The molecule has 1 aliphatic rings. The number of rotatable bonds is 2. The predicted molar refractivity (Wildman–Crippen MR) is 77.1 cm³/mol. The van der Waals surface area contributed by atoms with Crippen LogP contribution in [0.15, 0.2) is 23.4 Å². The van der Waals surface area contributed by atoms with Crippen LogP contribution in [0.2, 0.25) is 10.0 Å². The zero-order chi connectivity index (χ0) is 13.7. The van der Waals surface area contributed by atoms with Crippen molar-refractivity contribution in [3.63, 3.8) is 0 Å². The van der Waals surface area contributed by atoms with Crippen LogP contribution < -0.4 is 5.32 Å². The second-order valence-electron chi connectivity index (χ2n) is 4.35. The molecule has 6 heteroatoms. The number of amides is 1. The minimum Gasteiger partial charge on any atom is -0.298 e. The summed E-state index contributed by atoms with van der Waals surface area (Å²) in [5, 5.41) is 7.24. The number of nitrogens with zero attached hydrogens (tertiary/aromatic N) is 1. The van der Waals surface area contributed by atoms with E-state index in [-0.39, 0.29) is 0 Å². The van der Waals surface area contributed by atoms with Crippen LogP contribution in [0, 0.1) is 0 Å². The molecule has 0 bridgehead atoms. The highest BCUT2D eigenvalue weighted by molar-refractivity contribution is 6.36. The van der Waals surface area contributed by atoms with Gasteiger partial charge in [-0.3, -0.25) is 10.2 Å². The van der Waals surface area contributed by atoms with E-state index in [2.05, 4.69) is 10.5 Å². The first-order valence-electron chi connectivity index (χ1n) is 6.14. The molecule has 0 unspecified atom stereocenters. The molecule has 0 aromatic heterocycles. The van der Waals surface area contributed by atoms with Gasteiger partial charge in [-0.05, 0) is 43.9 Å². The van der Waals surface area contributed by atoms with Crippen molar-refractivity contribution in [2.75, 3.05) is 5.32 Å². The Hall–Kier alpha value is -1.26. The molecule has 0 saturated heterocycles. The number of hydrogen-bond acceptors (Lipinski definition) is 3. The van der Waals surface area contributed by atoms with Crippen molar-refractivity contribution in [3.8, 4) is 0 Å². The van der Waals surface area contributed by atoms with Crippen LogP contribution in [0.1, 0.15) is 32.1 Å². The normalized spacial score (nSPS) is 14.9. The Labute approximate surface area is 121 Å². The number of benzene rings is 1. The molecule has 102 valence electrons. The van der Waals surface area contributed by atoms with Crippen LogP contribution in [0.4, 0.5) is 10.5 Å². The first-order chi connectivity index (χ1) is 9.15. The maximum atomic E-state index is 11.6. The molecule has 19 heavy (non-hydrogen) atoms. The average molecular weight is 301 g/mol. The second kappa shape index (κ2) is 6.78. The average Bonchev–Trinajstić information content (AvgIpc) is 2.41. The van der Waals surface area contributed by atoms with Crippen LogP contribution in [-0.4, -0.2) is 11.8 Å². The van der Waals surface area contributed by atoms with Gasteiger partial charge in [-0.15, -0.1) is 0 Å². The molecule has 1 aromatic carbocycles. The van der Waals surface area contributed by atoms with E-state index in [1.54, 1.807) is 18.2 Å². The molecular formula is C13H14Cl2N2O2. The van der Waals surface area contributed by atoms with Crippen LogP contribution in [0.3, 0.4) is 0 Å². The van der Waals surface area contributed by atoms with Crippen molar-refractivity contribution >= 4 is 40.7 Å². The molecule has 1 aliphatic carbocycles. The van der Waals surface area contributed by atoms with Gasteiger partial charge in [0.2, 0.25) is 0 Å². The molecule has 0 aliphatic heterocycles. The zero-order valence-corrected chi connectivity index (χ0v) is 11.8. The van der Waals surface area contributed by atoms with Crippen LogP contribution in [0.25, 0.3) is 0 Å². The zero-order valence-electron chi connectivity index (χ0n) is 10.3. The monoisotopic (exact) mass is 300 g/mol. The third-order valence-corrected chi connectivity index (χ3v) is 3.40. The highest BCUT2D eigenvalue weighted by Crippen LogP contribution is 2.25. The lowest BCUT2D eigenvalue weighted by atomic mass is 9.99. The summed E-state index contributed by atoms with van der Waals surface area (Å²) in [4.78, 5) is 16.4. The smallest absolute Gasteiger partial charge is 0.298 e. The Balaban J connectivity index is 1.90. The van der Waals surface area contributed by atoms with Crippen molar-refractivity contribution in [2.24, 2.45) is 5.16 Å². The van der Waals surface area contributed by atoms with Gasteiger partial charge in [-0.25, -0.2) is 4.79 Å². The standard InChI is InChI=1S/C13H14Cl2N2O2/c14-9-6-7-12(11(15)8-9)16-13(18)19-17-10-4-2-1-3-5-10/h6-8H,1-5H2,(H,16,18). The molecule has 0 spiro atoms. The molecule has 1 fully saturated rings. The number of anilines is 1. The topological polar surface area (TPSA) is 50.7 Å². The van der Waals surface area contributed by atoms with E-state index in [4.69, 9.17) is 28.0 Å². The van der Waals surface area contributed by atoms with Crippen LogP contribution in [-0.2, 0) is 4.84 Å². The lowest BCUT2D eigenvalue weighted by Gasteiger charge is -2.11. The summed E-state index contributed by atoms with van der Waals surface area (Å²) in [5.74, 6) is 0. The quantitative estimate of drug-likeness (QED) is 0.626. The lowest BCUT2D eigenvalue weighted by molar-refractivity contribution is 0.165. The minimum absolute atomic E-state index is 0.356. The van der Waals surface area contributed by atoms with Gasteiger partial charge < -0.3 is 0 Å². The van der Waals surface area contributed by atoms with Crippen molar-refractivity contribution in [1.29, 1.82) is 0 Å². The Morgan fingerprint density at radius 3 is 2.63 bits per heavy atom.